The standard InChI is InChI=1S/C24H21ClN8O/c1-14-5-9-27-19(29-14)7-11-34-24-23(26)30-22(18-6-10-33(2)32-18)21(31-24)16-12-15-4-3-8-28-20(15)17(25)13-16/h3-6,8-10,12-13H,7,11H2,1-2H3,(H2,26,30). The van der Waals surface area contributed by atoms with Crippen molar-refractivity contribution in [3.63, 3.8) is 0 Å². The first-order valence-electron chi connectivity index (χ1n) is 10.6. The molecule has 0 amide bonds. The van der Waals surface area contributed by atoms with E-state index in [-0.39, 0.29) is 11.7 Å². The maximum Gasteiger partial charge on any atom is 0.257 e. The van der Waals surface area contributed by atoms with Crippen molar-refractivity contribution in [1.29, 1.82) is 0 Å². The minimum absolute atomic E-state index is 0.170. The highest BCUT2D eigenvalue weighted by Gasteiger charge is 2.19. The lowest BCUT2D eigenvalue weighted by Crippen LogP contribution is -2.10. The number of halogens is 1. The number of nitrogens with two attached hydrogens (primary N) is 1. The van der Waals surface area contributed by atoms with E-state index in [1.54, 1.807) is 17.1 Å². The molecular weight excluding hydrogens is 452 g/mol. The second kappa shape index (κ2) is 9.03. The molecule has 0 spiro atoms. The van der Waals surface area contributed by atoms with Crippen molar-refractivity contribution in [2.45, 2.75) is 13.3 Å². The van der Waals surface area contributed by atoms with E-state index in [1.165, 1.54) is 0 Å². The van der Waals surface area contributed by atoms with Crippen molar-refractivity contribution in [1.82, 2.24) is 34.7 Å². The molecular formula is C24H21ClN8O. The van der Waals surface area contributed by atoms with Crippen molar-refractivity contribution in [3.05, 3.63) is 71.5 Å². The number of ether oxygens (including phenoxy) is 1. The van der Waals surface area contributed by atoms with Crippen molar-refractivity contribution in [2.24, 2.45) is 7.05 Å². The topological polar surface area (TPSA) is 118 Å². The summed E-state index contributed by atoms with van der Waals surface area (Å²) >= 11 is 6.55. The number of nitrogen functional groups attached to an aromatic ring is 1. The Labute approximate surface area is 200 Å². The second-order valence-electron chi connectivity index (χ2n) is 7.73. The number of pyridine rings is 1. The SMILES string of the molecule is Cc1ccnc(CCOc2nc(-c3cc(Cl)c4ncccc4c3)c(-c3ccn(C)n3)nc2N)n1. The van der Waals surface area contributed by atoms with Gasteiger partial charge in [0.15, 0.2) is 5.82 Å². The van der Waals surface area contributed by atoms with Crippen LogP contribution in [-0.2, 0) is 13.5 Å². The molecule has 5 rings (SSSR count). The Kier molecular flexibility index (Phi) is 5.77. The third-order valence-electron chi connectivity index (χ3n) is 5.19. The molecule has 0 unspecified atom stereocenters. The third kappa shape index (κ3) is 4.38. The Bertz CT molecular complexity index is 1500. The highest BCUT2D eigenvalue weighted by Crippen LogP contribution is 2.35. The number of rotatable bonds is 6. The molecule has 0 aliphatic carbocycles. The summed E-state index contributed by atoms with van der Waals surface area (Å²) in [5.41, 5.74) is 10.3. The minimum Gasteiger partial charge on any atom is -0.475 e. The molecule has 5 aromatic rings. The first kappa shape index (κ1) is 21.7. The molecule has 34 heavy (non-hydrogen) atoms. The zero-order valence-electron chi connectivity index (χ0n) is 18.6. The molecule has 0 saturated heterocycles. The lowest BCUT2D eigenvalue weighted by molar-refractivity contribution is 0.308. The van der Waals surface area contributed by atoms with Gasteiger partial charge in [-0.25, -0.2) is 19.9 Å². The van der Waals surface area contributed by atoms with E-state index in [9.17, 15) is 0 Å². The number of hydrogen-bond acceptors (Lipinski definition) is 8. The van der Waals surface area contributed by atoms with Gasteiger partial charge in [-0.1, -0.05) is 17.7 Å². The molecule has 170 valence electrons. The molecule has 9 nitrogen and oxygen atoms in total. The van der Waals surface area contributed by atoms with E-state index in [4.69, 9.17) is 27.1 Å². The Hall–Kier alpha value is -4.11. The monoisotopic (exact) mass is 472 g/mol. The molecule has 0 atom stereocenters. The summed E-state index contributed by atoms with van der Waals surface area (Å²) in [7, 11) is 1.84. The average Bonchev–Trinajstić information content (AvgIpc) is 3.26. The molecule has 1 aromatic carbocycles. The molecule has 4 heterocycles. The van der Waals surface area contributed by atoms with Gasteiger partial charge in [0.1, 0.15) is 22.9 Å². The van der Waals surface area contributed by atoms with Crippen LogP contribution in [0.1, 0.15) is 11.5 Å². The van der Waals surface area contributed by atoms with Crippen LogP contribution in [0.15, 0.2) is 55.0 Å². The summed E-state index contributed by atoms with van der Waals surface area (Å²) < 4.78 is 7.60. The summed E-state index contributed by atoms with van der Waals surface area (Å²) in [6.45, 7) is 2.22. The van der Waals surface area contributed by atoms with Gasteiger partial charge in [0.05, 0.1) is 17.1 Å². The van der Waals surface area contributed by atoms with Crippen LogP contribution in [0.3, 0.4) is 0 Å². The van der Waals surface area contributed by atoms with E-state index in [0.717, 1.165) is 16.6 Å². The number of aromatic nitrogens is 7. The number of nitrogens with zero attached hydrogens (tertiary/aromatic N) is 7. The van der Waals surface area contributed by atoms with Crippen LogP contribution in [0.5, 0.6) is 5.88 Å². The van der Waals surface area contributed by atoms with Crippen LogP contribution in [0.4, 0.5) is 5.82 Å². The second-order valence-corrected chi connectivity index (χ2v) is 8.14. The van der Waals surface area contributed by atoms with Crippen LogP contribution < -0.4 is 10.5 Å². The number of anilines is 1. The van der Waals surface area contributed by atoms with Crippen LogP contribution in [0.25, 0.3) is 33.5 Å². The Morgan fingerprint density at radius 2 is 1.91 bits per heavy atom. The molecule has 0 aliphatic rings. The van der Waals surface area contributed by atoms with E-state index in [2.05, 4.69) is 25.0 Å². The highest BCUT2D eigenvalue weighted by molar-refractivity contribution is 6.35. The molecule has 0 bridgehead atoms. The van der Waals surface area contributed by atoms with Gasteiger partial charge in [-0.2, -0.15) is 5.10 Å². The smallest absolute Gasteiger partial charge is 0.257 e. The molecule has 4 aromatic heterocycles. The quantitative estimate of drug-likeness (QED) is 0.393. The predicted molar refractivity (Wildman–Crippen MR) is 130 cm³/mol. The fraction of sp³-hybridized carbons (Fsp3) is 0.167. The number of fused-ring (bicyclic) bond motifs is 1. The fourth-order valence-electron chi connectivity index (χ4n) is 3.61. The van der Waals surface area contributed by atoms with Gasteiger partial charge in [0.25, 0.3) is 5.88 Å². The molecule has 0 fully saturated rings. The Morgan fingerprint density at radius 1 is 1.03 bits per heavy atom. The fourth-order valence-corrected chi connectivity index (χ4v) is 3.88. The predicted octanol–water partition coefficient (Wildman–Crippen LogP) is 4.05. The van der Waals surface area contributed by atoms with Crippen LogP contribution in [0.2, 0.25) is 5.02 Å². The van der Waals surface area contributed by atoms with Crippen molar-refractivity contribution in [2.75, 3.05) is 12.3 Å². The van der Waals surface area contributed by atoms with Gasteiger partial charge < -0.3 is 10.5 Å². The Balaban J connectivity index is 1.55. The minimum atomic E-state index is 0.170. The summed E-state index contributed by atoms with van der Waals surface area (Å²) in [5.74, 6) is 1.08. The van der Waals surface area contributed by atoms with Gasteiger partial charge in [0.2, 0.25) is 0 Å². The van der Waals surface area contributed by atoms with Gasteiger partial charge in [-0.05, 0) is 37.3 Å². The summed E-state index contributed by atoms with van der Waals surface area (Å²) in [5, 5.41) is 5.88. The normalized spacial score (nSPS) is 11.1. The zero-order valence-corrected chi connectivity index (χ0v) is 19.4. The van der Waals surface area contributed by atoms with Crippen molar-refractivity contribution < 1.29 is 4.74 Å². The highest BCUT2D eigenvalue weighted by atomic mass is 35.5. The van der Waals surface area contributed by atoms with E-state index in [1.807, 2.05) is 56.6 Å². The number of benzene rings is 1. The third-order valence-corrected chi connectivity index (χ3v) is 5.47. The first-order chi connectivity index (χ1) is 16.5. The molecule has 0 saturated carbocycles. The van der Waals surface area contributed by atoms with Gasteiger partial charge >= 0.3 is 0 Å². The van der Waals surface area contributed by atoms with Crippen LogP contribution in [0, 0.1) is 6.92 Å². The lowest BCUT2D eigenvalue weighted by Gasteiger charge is -2.13. The first-order valence-corrected chi connectivity index (χ1v) is 11.0. The summed E-state index contributed by atoms with van der Waals surface area (Å²) in [6.07, 6.45) is 5.78. The van der Waals surface area contributed by atoms with E-state index in [0.29, 0.717) is 46.5 Å². The molecule has 0 aliphatic heterocycles. The average molecular weight is 473 g/mol. The number of aryl methyl sites for hydroxylation is 2. The van der Waals surface area contributed by atoms with E-state index >= 15 is 0 Å². The van der Waals surface area contributed by atoms with Crippen molar-refractivity contribution >= 4 is 28.3 Å². The van der Waals surface area contributed by atoms with Crippen LogP contribution in [-0.4, -0.2) is 41.3 Å². The molecule has 2 N–H and O–H groups in total. The van der Waals surface area contributed by atoms with Gasteiger partial charge in [0, 0.05) is 48.7 Å². The summed E-state index contributed by atoms with van der Waals surface area (Å²) in [4.78, 5) is 22.4. The van der Waals surface area contributed by atoms with Crippen LogP contribution >= 0.6 is 11.6 Å². The molecule has 10 heteroatoms. The summed E-state index contributed by atoms with van der Waals surface area (Å²) in [6, 6.07) is 11.3. The van der Waals surface area contributed by atoms with Gasteiger partial charge in [-0.15, -0.1) is 0 Å². The lowest BCUT2D eigenvalue weighted by atomic mass is 10.0. The van der Waals surface area contributed by atoms with Gasteiger partial charge in [-0.3, -0.25) is 9.67 Å². The Morgan fingerprint density at radius 3 is 2.71 bits per heavy atom. The maximum atomic E-state index is 6.55. The number of hydrogen-bond donors (Lipinski definition) is 1. The van der Waals surface area contributed by atoms with Crippen molar-refractivity contribution in [3.8, 4) is 28.5 Å². The zero-order chi connectivity index (χ0) is 23.7. The van der Waals surface area contributed by atoms with E-state index < -0.39 is 0 Å². The molecule has 0 radical (unpaired) electrons. The maximum absolute atomic E-state index is 6.55. The largest absolute Gasteiger partial charge is 0.475 e.